The lowest BCUT2D eigenvalue weighted by atomic mass is 9.95. The Hall–Kier alpha value is -3.66. The van der Waals surface area contributed by atoms with E-state index in [9.17, 15) is 0 Å². The molecule has 7 nitrogen and oxygen atoms in total. The Labute approximate surface area is 233 Å². The second kappa shape index (κ2) is 8.97. The molecule has 0 saturated heterocycles. The molecule has 0 radical (unpaired) electrons. The van der Waals surface area contributed by atoms with E-state index in [2.05, 4.69) is 31.8 Å². The Morgan fingerprint density at radius 2 is 1.95 bits per heavy atom. The van der Waals surface area contributed by atoms with Crippen molar-refractivity contribution in [1.29, 1.82) is 0 Å². The number of anilines is 1. The molecule has 7 rings (SSSR count). The first-order chi connectivity index (χ1) is 18.5. The van der Waals surface area contributed by atoms with E-state index in [1.165, 1.54) is 10.4 Å². The third-order valence-corrected chi connectivity index (χ3v) is 8.93. The summed E-state index contributed by atoms with van der Waals surface area (Å²) < 4.78 is 2.07. The fraction of sp³-hybridized carbons (Fsp3) is 0.179. The molecular weight excluding hydrogens is 534 g/mol. The molecule has 0 bridgehead atoms. The van der Waals surface area contributed by atoms with Crippen LogP contribution in [0.3, 0.4) is 0 Å². The number of rotatable bonds is 3. The zero-order valence-electron chi connectivity index (χ0n) is 20.4. The van der Waals surface area contributed by atoms with Gasteiger partial charge in [0.1, 0.15) is 15.8 Å². The van der Waals surface area contributed by atoms with Gasteiger partial charge in [-0.15, -0.1) is 21.5 Å². The van der Waals surface area contributed by atoms with Crippen LogP contribution >= 0.6 is 35.2 Å². The van der Waals surface area contributed by atoms with Gasteiger partial charge in [-0.2, -0.15) is 0 Å². The number of halogens is 1. The van der Waals surface area contributed by atoms with E-state index in [1.54, 1.807) is 11.3 Å². The van der Waals surface area contributed by atoms with Gasteiger partial charge in [0.15, 0.2) is 11.9 Å². The van der Waals surface area contributed by atoms with Crippen LogP contribution in [-0.2, 0) is 13.0 Å². The molecule has 188 valence electrons. The minimum absolute atomic E-state index is 0.252. The Balaban J connectivity index is 1.40. The zero-order chi connectivity index (χ0) is 26.0. The van der Waals surface area contributed by atoms with Crippen LogP contribution in [0.25, 0.3) is 15.9 Å². The van der Waals surface area contributed by atoms with Crippen molar-refractivity contribution in [2.45, 2.75) is 25.9 Å². The molecule has 5 heterocycles. The van der Waals surface area contributed by atoms with Gasteiger partial charge in [-0.25, -0.2) is 0 Å². The van der Waals surface area contributed by atoms with E-state index >= 15 is 0 Å². The van der Waals surface area contributed by atoms with Crippen molar-refractivity contribution in [2.75, 3.05) is 11.4 Å². The fourth-order valence-corrected chi connectivity index (χ4v) is 7.15. The molecule has 38 heavy (non-hydrogen) atoms. The Morgan fingerprint density at radius 3 is 2.79 bits per heavy atom. The molecule has 5 aromatic rings. The van der Waals surface area contributed by atoms with Crippen molar-refractivity contribution in [3.05, 3.63) is 99.0 Å². The maximum absolute atomic E-state index is 6.73. The number of benzene rings is 2. The number of aromatic nitrogens is 4. The van der Waals surface area contributed by atoms with Gasteiger partial charge in [-0.1, -0.05) is 60.2 Å². The van der Waals surface area contributed by atoms with E-state index in [-0.39, 0.29) is 4.99 Å². The van der Waals surface area contributed by atoms with Crippen molar-refractivity contribution >= 4 is 62.4 Å². The number of nitrogens with two attached hydrogens (primary N) is 1. The maximum Gasteiger partial charge on any atom is 0.170 e. The molecule has 0 amide bonds. The van der Waals surface area contributed by atoms with Crippen molar-refractivity contribution in [2.24, 2.45) is 10.7 Å². The Bertz CT molecular complexity index is 1790. The number of para-hydroxylation sites is 1. The summed E-state index contributed by atoms with van der Waals surface area (Å²) in [6, 6.07) is 17.6. The third kappa shape index (κ3) is 3.65. The van der Waals surface area contributed by atoms with Gasteiger partial charge in [0.25, 0.3) is 0 Å². The largest absolute Gasteiger partial charge is 0.391 e. The molecule has 2 aliphatic rings. The van der Waals surface area contributed by atoms with E-state index < -0.39 is 6.04 Å². The van der Waals surface area contributed by atoms with E-state index in [4.69, 9.17) is 39.5 Å². The number of fused-ring (bicyclic) bond motifs is 6. The van der Waals surface area contributed by atoms with Crippen molar-refractivity contribution in [3.63, 3.8) is 0 Å². The first-order valence-corrected chi connectivity index (χ1v) is 13.9. The van der Waals surface area contributed by atoms with Gasteiger partial charge in [0, 0.05) is 33.0 Å². The van der Waals surface area contributed by atoms with E-state index in [1.807, 2.05) is 55.6 Å². The second-order valence-corrected chi connectivity index (χ2v) is 11.4. The highest BCUT2D eigenvalue weighted by Gasteiger charge is 2.35. The molecule has 0 spiro atoms. The molecular formula is C28H22ClN7S2. The summed E-state index contributed by atoms with van der Waals surface area (Å²) in [4.78, 5) is 13.7. The Morgan fingerprint density at radius 1 is 1.13 bits per heavy atom. The zero-order valence-corrected chi connectivity index (χ0v) is 22.8. The average Bonchev–Trinajstić information content (AvgIpc) is 3.44. The summed E-state index contributed by atoms with van der Waals surface area (Å²) >= 11 is 13.9. The molecule has 2 N–H and O–H groups in total. The van der Waals surface area contributed by atoms with Gasteiger partial charge < -0.3 is 10.6 Å². The molecule has 1 unspecified atom stereocenters. The molecule has 1 atom stereocenters. The third-order valence-electron chi connectivity index (χ3n) is 7.17. The predicted molar refractivity (Wildman–Crippen MR) is 157 cm³/mol. The molecule has 2 aliphatic heterocycles. The van der Waals surface area contributed by atoms with Crippen LogP contribution in [0.4, 0.5) is 5.69 Å². The van der Waals surface area contributed by atoms with Crippen LogP contribution in [0.5, 0.6) is 0 Å². The van der Waals surface area contributed by atoms with Gasteiger partial charge >= 0.3 is 0 Å². The lowest BCUT2D eigenvalue weighted by Crippen LogP contribution is -2.30. The van der Waals surface area contributed by atoms with Crippen molar-refractivity contribution < 1.29 is 0 Å². The van der Waals surface area contributed by atoms with Gasteiger partial charge in [0.05, 0.1) is 29.7 Å². The molecule has 3 aromatic heterocycles. The van der Waals surface area contributed by atoms with Crippen LogP contribution in [0, 0.1) is 6.92 Å². The predicted octanol–water partition coefficient (Wildman–Crippen LogP) is 5.58. The van der Waals surface area contributed by atoms with E-state index in [0.717, 1.165) is 63.8 Å². The molecule has 10 heteroatoms. The molecule has 2 aromatic carbocycles. The van der Waals surface area contributed by atoms with Gasteiger partial charge in [-0.3, -0.25) is 14.5 Å². The first-order valence-electron chi connectivity index (χ1n) is 12.3. The molecule has 0 aliphatic carbocycles. The summed E-state index contributed by atoms with van der Waals surface area (Å²) in [5.74, 6) is 1.40. The molecule has 0 fully saturated rings. The quantitative estimate of drug-likeness (QED) is 0.293. The Kier molecular flexibility index (Phi) is 5.54. The minimum Gasteiger partial charge on any atom is -0.391 e. The van der Waals surface area contributed by atoms with Crippen LogP contribution in [-0.4, -0.2) is 37.0 Å². The first kappa shape index (κ1) is 23.5. The highest BCUT2D eigenvalue weighted by atomic mass is 35.5. The fourth-order valence-electron chi connectivity index (χ4n) is 5.35. The smallest absolute Gasteiger partial charge is 0.170 e. The number of thiophene rings is 1. The number of hydrogen-bond donors (Lipinski definition) is 1. The summed E-state index contributed by atoms with van der Waals surface area (Å²) in [6.07, 6.45) is 2.82. The number of aryl methyl sites for hydroxylation is 1. The van der Waals surface area contributed by atoms with Gasteiger partial charge in [-0.05, 0) is 37.1 Å². The maximum atomic E-state index is 6.73. The van der Waals surface area contributed by atoms with Crippen LogP contribution in [0.15, 0.2) is 65.8 Å². The summed E-state index contributed by atoms with van der Waals surface area (Å²) in [7, 11) is 0. The SMILES string of the molecule is Cc1nnc2n1-c1sc3c(c1C(c1ccccc1Cl)=NC2C(N)=S)CCN(c1cnc2ccccc2c1)C3. The average molecular weight is 556 g/mol. The van der Waals surface area contributed by atoms with E-state index in [0.29, 0.717) is 10.8 Å². The van der Waals surface area contributed by atoms with Crippen molar-refractivity contribution in [1.82, 2.24) is 19.7 Å². The summed E-state index contributed by atoms with van der Waals surface area (Å²) in [6.45, 7) is 3.58. The normalized spacial score (nSPS) is 16.4. The lowest BCUT2D eigenvalue weighted by molar-refractivity contribution is 0.743. The van der Waals surface area contributed by atoms with Crippen LogP contribution in [0.2, 0.25) is 5.02 Å². The van der Waals surface area contributed by atoms with Gasteiger partial charge in [0.2, 0.25) is 0 Å². The number of thiocarbonyl (C=S) groups is 1. The second-order valence-electron chi connectivity index (χ2n) is 9.44. The standard InChI is InChI=1S/C28H22ClN7S2/c1-15-33-34-27-25(26(30)37)32-24(18-7-3-4-8-20(18)29)23-19-10-11-35(14-22(19)38-28(23)36(15)27)17-12-16-6-2-5-9-21(16)31-13-17/h2-9,12-13,25H,10-11,14H2,1H3,(H2,30,37). The number of nitrogens with zero attached hydrogens (tertiary/aromatic N) is 6. The highest BCUT2D eigenvalue weighted by molar-refractivity contribution is 7.80. The monoisotopic (exact) mass is 555 g/mol. The summed E-state index contributed by atoms with van der Waals surface area (Å²) in [5, 5.41) is 11.6. The number of pyridine rings is 1. The summed E-state index contributed by atoms with van der Waals surface area (Å²) in [5.41, 5.74) is 12.3. The van der Waals surface area contributed by atoms with Crippen LogP contribution < -0.4 is 10.6 Å². The van der Waals surface area contributed by atoms with Crippen molar-refractivity contribution in [3.8, 4) is 5.00 Å². The minimum atomic E-state index is -0.600. The molecule has 0 saturated carbocycles. The van der Waals surface area contributed by atoms with Crippen LogP contribution in [0.1, 0.15) is 39.3 Å². The highest BCUT2D eigenvalue weighted by Crippen LogP contribution is 2.43. The number of aliphatic imine (C=N–C) groups is 1. The lowest BCUT2D eigenvalue weighted by Gasteiger charge is -2.29. The number of hydrogen-bond acceptors (Lipinski definition) is 7. The topological polar surface area (TPSA) is 85.2 Å².